The molecule has 0 aromatic carbocycles. The fraction of sp³-hybridized carbons (Fsp3) is 0.875. The molecular formula is C16H29ClN2O3. The third kappa shape index (κ3) is 5.13. The number of carboxylic acid groups (broad SMARTS) is 1. The minimum absolute atomic E-state index is 0. The van der Waals surface area contributed by atoms with E-state index in [1.54, 1.807) is 0 Å². The van der Waals surface area contributed by atoms with Crippen molar-refractivity contribution in [1.82, 2.24) is 10.2 Å². The Kier molecular flexibility index (Phi) is 7.63. The topological polar surface area (TPSA) is 69.6 Å². The average Bonchev–Trinajstić information content (AvgIpc) is 2.49. The lowest BCUT2D eigenvalue weighted by atomic mass is 9.87. The van der Waals surface area contributed by atoms with E-state index in [0.29, 0.717) is 12.6 Å². The highest BCUT2D eigenvalue weighted by molar-refractivity contribution is 5.85. The van der Waals surface area contributed by atoms with Gasteiger partial charge < -0.3 is 10.4 Å². The number of hydrogen-bond acceptors (Lipinski definition) is 3. The van der Waals surface area contributed by atoms with Crippen molar-refractivity contribution in [3.8, 4) is 0 Å². The van der Waals surface area contributed by atoms with Gasteiger partial charge in [0.1, 0.15) is 0 Å². The van der Waals surface area contributed by atoms with Crippen LogP contribution < -0.4 is 5.32 Å². The molecule has 1 aliphatic carbocycles. The maximum Gasteiger partial charge on any atom is 0.307 e. The third-order valence-corrected chi connectivity index (χ3v) is 5.09. The van der Waals surface area contributed by atoms with Crippen LogP contribution in [0.1, 0.15) is 52.4 Å². The number of rotatable bonds is 4. The number of nitrogens with zero attached hydrogens (tertiary/aromatic N) is 1. The number of hydrogen-bond donors (Lipinski definition) is 2. The minimum atomic E-state index is -0.742. The van der Waals surface area contributed by atoms with E-state index in [1.165, 1.54) is 12.8 Å². The van der Waals surface area contributed by atoms with Gasteiger partial charge in [-0.1, -0.05) is 6.92 Å². The monoisotopic (exact) mass is 332 g/mol. The molecule has 2 rings (SSSR count). The summed E-state index contributed by atoms with van der Waals surface area (Å²) >= 11 is 0. The lowest BCUT2D eigenvalue weighted by Gasteiger charge is -2.35. The normalized spacial score (nSPS) is 30.9. The van der Waals surface area contributed by atoms with Crippen LogP contribution in [0.2, 0.25) is 0 Å². The predicted octanol–water partition coefficient (Wildman–Crippen LogP) is 2.29. The number of carboxylic acids is 1. The van der Waals surface area contributed by atoms with E-state index < -0.39 is 5.97 Å². The lowest BCUT2D eigenvalue weighted by Crippen LogP contribution is -2.52. The summed E-state index contributed by atoms with van der Waals surface area (Å²) in [6.07, 6.45) is 6.08. The van der Waals surface area contributed by atoms with Crippen molar-refractivity contribution in [1.29, 1.82) is 0 Å². The Bertz CT molecular complexity index is 384. The number of carbonyl (C=O) groups excluding carboxylic acids is 1. The van der Waals surface area contributed by atoms with Crippen molar-refractivity contribution < 1.29 is 14.7 Å². The molecule has 1 saturated carbocycles. The van der Waals surface area contributed by atoms with Crippen molar-refractivity contribution in [2.24, 2.45) is 11.8 Å². The number of likely N-dealkylation sites (tertiary alicyclic amines) is 1. The molecule has 2 fully saturated rings. The second-order valence-electron chi connectivity index (χ2n) is 6.81. The summed E-state index contributed by atoms with van der Waals surface area (Å²) in [5, 5.41) is 12.3. The molecule has 2 aliphatic rings. The Morgan fingerprint density at radius 1 is 1.18 bits per heavy atom. The van der Waals surface area contributed by atoms with Gasteiger partial charge in [0, 0.05) is 12.6 Å². The molecule has 0 aromatic rings. The summed E-state index contributed by atoms with van der Waals surface area (Å²) in [5.41, 5.74) is 0. The summed E-state index contributed by atoms with van der Waals surface area (Å²) in [5.74, 6) is -0.243. The highest BCUT2D eigenvalue weighted by Gasteiger charge is 2.31. The second kappa shape index (κ2) is 8.73. The average molecular weight is 333 g/mol. The molecule has 0 aromatic heterocycles. The van der Waals surface area contributed by atoms with E-state index in [-0.39, 0.29) is 30.3 Å². The molecule has 1 amide bonds. The SMILES string of the molecule is CC1CCC(NC(=O)C(C)N2CCCC(C(=O)O)C2)CC1.Cl. The Hall–Kier alpha value is -0.810. The van der Waals surface area contributed by atoms with Crippen LogP contribution in [0.15, 0.2) is 0 Å². The molecule has 1 heterocycles. The van der Waals surface area contributed by atoms with Gasteiger partial charge >= 0.3 is 5.97 Å². The van der Waals surface area contributed by atoms with Crippen LogP contribution in [0.4, 0.5) is 0 Å². The summed E-state index contributed by atoms with van der Waals surface area (Å²) in [4.78, 5) is 25.5. The van der Waals surface area contributed by atoms with Crippen molar-refractivity contribution in [2.45, 2.75) is 64.5 Å². The van der Waals surface area contributed by atoms with E-state index >= 15 is 0 Å². The molecule has 1 saturated heterocycles. The summed E-state index contributed by atoms with van der Waals surface area (Å²) in [7, 11) is 0. The third-order valence-electron chi connectivity index (χ3n) is 5.09. The maximum atomic E-state index is 12.4. The molecule has 128 valence electrons. The molecule has 0 bridgehead atoms. The number of aliphatic carboxylic acids is 1. The van der Waals surface area contributed by atoms with Crippen molar-refractivity contribution >= 4 is 24.3 Å². The first-order valence-corrected chi connectivity index (χ1v) is 8.24. The highest BCUT2D eigenvalue weighted by atomic mass is 35.5. The van der Waals surface area contributed by atoms with Crippen LogP contribution in [0, 0.1) is 11.8 Å². The molecular weight excluding hydrogens is 304 g/mol. The van der Waals surface area contributed by atoms with Gasteiger partial charge in [-0.2, -0.15) is 0 Å². The van der Waals surface area contributed by atoms with Crippen LogP contribution in [-0.4, -0.2) is 47.1 Å². The summed E-state index contributed by atoms with van der Waals surface area (Å²) in [6, 6.07) is 0.0720. The quantitative estimate of drug-likeness (QED) is 0.828. The Balaban J connectivity index is 0.00000242. The van der Waals surface area contributed by atoms with Crippen molar-refractivity contribution in [3.63, 3.8) is 0 Å². The van der Waals surface area contributed by atoms with Crippen LogP contribution in [0.3, 0.4) is 0 Å². The molecule has 0 radical (unpaired) electrons. The van der Waals surface area contributed by atoms with Gasteiger partial charge in [0.2, 0.25) is 5.91 Å². The minimum Gasteiger partial charge on any atom is -0.481 e. The van der Waals surface area contributed by atoms with Gasteiger partial charge in [0.05, 0.1) is 12.0 Å². The first-order valence-electron chi connectivity index (χ1n) is 8.24. The van der Waals surface area contributed by atoms with Crippen molar-refractivity contribution in [3.05, 3.63) is 0 Å². The van der Waals surface area contributed by atoms with Gasteiger partial charge in [0.15, 0.2) is 0 Å². The van der Waals surface area contributed by atoms with Crippen molar-refractivity contribution in [2.75, 3.05) is 13.1 Å². The first-order chi connectivity index (χ1) is 9.97. The number of amides is 1. The Morgan fingerprint density at radius 3 is 2.41 bits per heavy atom. The van der Waals surface area contributed by atoms with Gasteiger partial charge in [-0.3, -0.25) is 14.5 Å². The first kappa shape index (κ1) is 19.2. The van der Waals surface area contributed by atoms with Crippen LogP contribution in [-0.2, 0) is 9.59 Å². The Labute approximate surface area is 139 Å². The summed E-state index contributed by atoms with van der Waals surface area (Å²) < 4.78 is 0. The lowest BCUT2D eigenvalue weighted by molar-refractivity contribution is -0.145. The fourth-order valence-electron chi connectivity index (χ4n) is 3.45. The zero-order valence-corrected chi connectivity index (χ0v) is 14.4. The van der Waals surface area contributed by atoms with E-state index in [9.17, 15) is 9.59 Å². The molecule has 0 spiro atoms. The van der Waals surface area contributed by atoms with E-state index in [2.05, 4.69) is 12.2 Å². The molecule has 6 heteroatoms. The number of piperidine rings is 1. The van der Waals surface area contributed by atoms with Crippen LogP contribution in [0.5, 0.6) is 0 Å². The van der Waals surface area contributed by atoms with Gasteiger partial charge in [-0.15, -0.1) is 12.4 Å². The van der Waals surface area contributed by atoms with E-state index in [4.69, 9.17) is 5.11 Å². The van der Waals surface area contributed by atoms with Crippen LogP contribution in [0.25, 0.3) is 0 Å². The predicted molar refractivity (Wildman–Crippen MR) is 88.2 cm³/mol. The second-order valence-corrected chi connectivity index (χ2v) is 6.81. The molecule has 2 unspecified atom stereocenters. The number of halogens is 1. The maximum absolute atomic E-state index is 12.4. The molecule has 2 N–H and O–H groups in total. The molecule has 5 nitrogen and oxygen atoms in total. The standard InChI is InChI=1S/C16H28N2O3.ClH/c1-11-5-7-14(8-6-11)17-15(19)12(2)18-9-3-4-13(10-18)16(20)21;/h11-14H,3-10H2,1-2H3,(H,17,19)(H,20,21);1H. The molecule has 1 aliphatic heterocycles. The smallest absolute Gasteiger partial charge is 0.307 e. The van der Waals surface area contributed by atoms with Crippen LogP contribution >= 0.6 is 12.4 Å². The molecule has 22 heavy (non-hydrogen) atoms. The summed E-state index contributed by atoms with van der Waals surface area (Å²) in [6.45, 7) is 5.47. The molecule has 2 atom stereocenters. The number of carbonyl (C=O) groups is 2. The zero-order valence-electron chi connectivity index (χ0n) is 13.6. The highest BCUT2D eigenvalue weighted by Crippen LogP contribution is 2.24. The fourth-order valence-corrected chi connectivity index (χ4v) is 3.45. The zero-order chi connectivity index (χ0) is 15.4. The number of nitrogens with one attached hydrogen (secondary N) is 1. The Morgan fingerprint density at radius 2 is 1.82 bits per heavy atom. The van der Waals surface area contributed by atoms with Gasteiger partial charge in [0.25, 0.3) is 0 Å². The van der Waals surface area contributed by atoms with E-state index in [0.717, 1.165) is 38.1 Å². The van der Waals surface area contributed by atoms with Gasteiger partial charge in [-0.05, 0) is 57.9 Å². The van der Waals surface area contributed by atoms with Gasteiger partial charge in [-0.25, -0.2) is 0 Å². The van der Waals surface area contributed by atoms with E-state index in [1.807, 2.05) is 11.8 Å². The largest absolute Gasteiger partial charge is 0.481 e.